The van der Waals surface area contributed by atoms with Crippen LogP contribution in [0.1, 0.15) is 56.4 Å². The van der Waals surface area contributed by atoms with E-state index in [1.165, 1.54) is 25.7 Å². The van der Waals surface area contributed by atoms with Gasteiger partial charge in [0.2, 0.25) is 17.6 Å². The molecule has 2 fully saturated rings. The predicted molar refractivity (Wildman–Crippen MR) is 122 cm³/mol. The Hall–Kier alpha value is -2.90. The van der Waals surface area contributed by atoms with Crippen molar-refractivity contribution in [3.63, 3.8) is 0 Å². The molecule has 1 aromatic carbocycles. The molecule has 0 radical (unpaired) electrons. The molecule has 0 spiro atoms. The zero-order valence-corrected chi connectivity index (χ0v) is 18.6. The summed E-state index contributed by atoms with van der Waals surface area (Å²) in [4.78, 5) is 4.19. The van der Waals surface area contributed by atoms with Gasteiger partial charge in [-0.3, -0.25) is 4.98 Å². The van der Waals surface area contributed by atoms with Crippen molar-refractivity contribution in [2.45, 2.75) is 57.0 Å². The molecule has 32 heavy (non-hydrogen) atoms. The third-order valence-electron chi connectivity index (χ3n) is 6.64. The largest absolute Gasteiger partial charge is 0.420 e. The van der Waals surface area contributed by atoms with Crippen molar-refractivity contribution in [1.29, 1.82) is 0 Å². The molecule has 7 nitrogen and oxygen atoms in total. The summed E-state index contributed by atoms with van der Waals surface area (Å²) < 4.78 is 6.85. The molecule has 2 aliphatic carbocycles. The van der Waals surface area contributed by atoms with E-state index in [1.54, 1.807) is 0 Å². The Labute approximate surface area is 191 Å². The monoisotopic (exact) mass is 447 g/mol. The van der Waals surface area contributed by atoms with Gasteiger partial charge in [-0.2, -0.15) is 0 Å². The maximum Gasteiger partial charge on any atom is 0.261 e. The molecule has 3 heterocycles. The summed E-state index contributed by atoms with van der Waals surface area (Å²) in [6.07, 6.45) is 9.27. The summed E-state index contributed by atoms with van der Waals surface area (Å²) in [5, 5.41) is 18.8. The molecule has 0 saturated heterocycles. The van der Waals surface area contributed by atoms with Gasteiger partial charge >= 0.3 is 0 Å². The van der Waals surface area contributed by atoms with Crippen molar-refractivity contribution in [2.24, 2.45) is 10.2 Å². The van der Waals surface area contributed by atoms with Crippen LogP contribution in [0.5, 0.6) is 0 Å². The quantitative estimate of drug-likeness (QED) is 0.467. The highest BCUT2D eigenvalue weighted by molar-refractivity contribution is 6.30. The molecule has 3 aromatic rings. The number of aromatic nitrogens is 3. The molecule has 162 valence electrons. The number of rotatable bonds is 7. The third kappa shape index (κ3) is 3.27. The summed E-state index contributed by atoms with van der Waals surface area (Å²) in [7, 11) is 0. The van der Waals surface area contributed by atoms with E-state index in [9.17, 15) is 0 Å². The van der Waals surface area contributed by atoms with Gasteiger partial charge in [-0.05, 0) is 30.3 Å². The van der Waals surface area contributed by atoms with Crippen LogP contribution in [0.3, 0.4) is 0 Å². The lowest BCUT2D eigenvalue weighted by Gasteiger charge is -2.36. The lowest BCUT2D eigenvalue weighted by atomic mass is 10.0. The topological polar surface area (TPSA) is 76.5 Å². The van der Waals surface area contributed by atoms with E-state index in [0.717, 1.165) is 33.7 Å². The van der Waals surface area contributed by atoms with Gasteiger partial charge < -0.3 is 4.42 Å². The minimum absolute atomic E-state index is 0.0381. The van der Waals surface area contributed by atoms with Gasteiger partial charge in [0.15, 0.2) is 0 Å². The summed E-state index contributed by atoms with van der Waals surface area (Å²) in [5.41, 5.74) is 1.94. The van der Waals surface area contributed by atoms with Crippen LogP contribution in [0.2, 0.25) is 5.02 Å². The van der Waals surface area contributed by atoms with Crippen LogP contribution >= 0.6 is 11.6 Å². The molecule has 2 aromatic heterocycles. The van der Waals surface area contributed by atoms with Crippen molar-refractivity contribution in [3.8, 4) is 11.5 Å². The van der Waals surface area contributed by atoms with Crippen LogP contribution in [-0.2, 0) is 0 Å². The number of pyridine rings is 1. The minimum Gasteiger partial charge on any atom is -0.420 e. The minimum atomic E-state index is 0.0381. The summed E-state index contributed by atoms with van der Waals surface area (Å²) in [5.74, 6) is 3.34. The summed E-state index contributed by atoms with van der Waals surface area (Å²) in [6.45, 7) is 2.12. The van der Waals surface area contributed by atoms with Crippen molar-refractivity contribution in [1.82, 2.24) is 15.2 Å². The molecule has 1 aliphatic heterocycles. The standard InChI is InChI=1S/C24H24ClN6O/c1-15(23-29-30-24(32-23)17-3-2-4-18(25)14-17)13-21-27-28-22(16-9-11-26-12-10-16)31(21,19-5-6-19)20-7-8-20/h2-4,9-12,14-15,19-20H,5-8,13H2,1H3/q+1. The number of benzene rings is 1. The highest BCUT2D eigenvalue weighted by Gasteiger charge is 2.63. The molecular weight excluding hydrogens is 424 g/mol. The average molecular weight is 448 g/mol. The zero-order valence-electron chi connectivity index (χ0n) is 17.9. The third-order valence-corrected chi connectivity index (χ3v) is 6.88. The fourth-order valence-corrected chi connectivity index (χ4v) is 5.09. The SMILES string of the molecule is CC(CC1=NN=C(c2ccncc2)[N+]1(C1CC1)C1CC1)c1nnc(-c2cccc(Cl)c2)o1. The highest BCUT2D eigenvalue weighted by atomic mass is 35.5. The molecule has 1 unspecified atom stereocenters. The number of halogens is 1. The number of quaternary nitrogens is 1. The van der Waals surface area contributed by atoms with Gasteiger partial charge in [0.05, 0.1) is 12.0 Å². The number of hydrogen-bond donors (Lipinski definition) is 0. The molecule has 3 aliphatic rings. The van der Waals surface area contributed by atoms with Crippen LogP contribution in [0, 0.1) is 0 Å². The summed E-state index contributed by atoms with van der Waals surface area (Å²) in [6, 6.07) is 12.7. The van der Waals surface area contributed by atoms with Crippen LogP contribution in [-0.4, -0.2) is 43.4 Å². The van der Waals surface area contributed by atoms with Gasteiger partial charge in [0.25, 0.3) is 5.84 Å². The first-order valence-electron chi connectivity index (χ1n) is 11.2. The van der Waals surface area contributed by atoms with Crippen molar-refractivity contribution >= 4 is 23.3 Å². The Bertz CT molecular complexity index is 1200. The lowest BCUT2D eigenvalue weighted by molar-refractivity contribution is -0.771. The Kier molecular flexibility index (Phi) is 4.69. The Morgan fingerprint density at radius 1 is 1.00 bits per heavy atom. The Morgan fingerprint density at radius 3 is 2.44 bits per heavy atom. The second kappa shape index (κ2) is 7.60. The fraction of sp³-hybridized carbons (Fsp3) is 0.375. The van der Waals surface area contributed by atoms with E-state index in [-0.39, 0.29) is 5.92 Å². The first-order valence-corrected chi connectivity index (χ1v) is 11.6. The van der Waals surface area contributed by atoms with E-state index in [2.05, 4.69) is 22.1 Å². The maximum absolute atomic E-state index is 6.12. The van der Waals surface area contributed by atoms with Gasteiger partial charge in [-0.1, -0.05) is 34.8 Å². The molecule has 6 rings (SSSR count). The van der Waals surface area contributed by atoms with Crippen LogP contribution in [0.25, 0.3) is 11.5 Å². The number of hydrogen-bond acceptors (Lipinski definition) is 6. The van der Waals surface area contributed by atoms with Crippen molar-refractivity contribution in [2.75, 3.05) is 0 Å². The Morgan fingerprint density at radius 2 is 1.75 bits per heavy atom. The maximum atomic E-state index is 6.12. The van der Waals surface area contributed by atoms with E-state index >= 15 is 0 Å². The highest BCUT2D eigenvalue weighted by Crippen LogP contribution is 2.49. The van der Waals surface area contributed by atoms with E-state index in [0.29, 0.717) is 28.9 Å². The molecule has 0 N–H and O–H groups in total. The molecule has 0 bridgehead atoms. The second-order valence-corrected chi connectivity index (χ2v) is 9.41. The number of amidine groups is 2. The van der Waals surface area contributed by atoms with Gasteiger partial charge in [0, 0.05) is 54.6 Å². The normalized spacial score (nSPS) is 20.7. The van der Waals surface area contributed by atoms with Gasteiger partial charge in [-0.25, -0.2) is 4.48 Å². The Balaban J connectivity index is 1.29. The lowest BCUT2D eigenvalue weighted by Crippen LogP contribution is -2.59. The molecule has 8 heteroatoms. The van der Waals surface area contributed by atoms with Crippen LogP contribution in [0.15, 0.2) is 63.4 Å². The van der Waals surface area contributed by atoms with Crippen LogP contribution in [0.4, 0.5) is 0 Å². The van der Waals surface area contributed by atoms with Crippen molar-refractivity contribution in [3.05, 3.63) is 65.3 Å². The van der Waals surface area contributed by atoms with E-state index in [4.69, 9.17) is 26.2 Å². The smallest absolute Gasteiger partial charge is 0.261 e. The van der Waals surface area contributed by atoms with E-state index < -0.39 is 0 Å². The predicted octanol–water partition coefficient (Wildman–Crippen LogP) is 5.19. The number of nitrogens with zero attached hydrogens (tertiary/aromatic N) is 6. The molecular formula is C24H24ClN6O+. The van der Waals surface area contributed by atoms with Gasteiger partial charge in [-0.15, -0.1) is 10.2 Å². The van der Waals surface area contributed by atoms with Crippen LogP contribution < -0.4 is 0 Å². The molecule has 2 saturated carbocycles. The summed E-state index contributed by atoms with van der Waals surface area (Å²) >= 11 is 6.12. The first-order chi connectivity index (χ1) is 15.7. The fourth-order valence-electron chi connectivity index (χ4n) is 4.90. The zero-order chi connectivity index (χ0) is 21.7. The van der Waals surface area contributed by atoms with Crippen molar-refractivity contribution < 1.29 is 8.90 Å². The van der Waals surface area contributed by atoms with Gasteiger partial charge in [0.1, 0.15) is 12.1 Å². The molecule has 1 atom stereocenters. The van der Waals surface area contributed by atoms with E-state index in [1.807, 2.05) is 48.8 Å². The average Bonchev–Trinajstić information content (AvgIpc) is 3.75. The second-order valence-electron chi connectivity index (χ2n) is 8.98. The molecule has 0 amide bonds. The first kappa shape index (κ1) is 19.8.